The number of nitrogen functional groups attached to an aromatic ring is 2. The molecule has 9 nitrogen and oxygen atoms in total. The van der Waals surface area contributed by atoms with Gasteiger partial charge in [-0.1, -0.05) is 39.3 Å². The van der Waals surface area contributed by atoms with E-state index < -0.39 is 5.91 Å². The minimum atomic E-state index is -0.477. The summed E-state index contributed by atoms with van der Waals surface area (Å²) >= 11 is 5.86. The lowest BCUT2D eigenvalue weighted by Gasteiger charge is -2.07. The van der Waals surface area contributed by atoms with Crippen LogP contribution in [-0.4, -0.2) is 27.0 Å². The van der Waals surface area contributed by atoms with Gasteiger partial charge < -0.3 is 21.5 Å². The van der Waals surface area contributed by atoms with Gasteiger partial charge >= 0.3 is 0 Å². The molecule has 176 valence electrons. The van der Waals surface area contributed by atoms with Crippen molar-refractivity contribution in [1.29, 1.82) is 0 Å². The maximum absolute atomic E-state index is 12.5. The number of hydrogen-bond donors (Lipinski definition) is 3. The number of halogens is 1. The number of hydrogen-bond acceptors (Lipinski definition) is 6. The van der Waals surface area contributed by atoms with Crippen molar-refractivity contribution in [3.8, 4) is 5.75 Å². The van der Waals surface area contributed by atoms with Gasteiger partial charge in [0.25, 0.3) is 11.7 Å². The Labute approximate surface area is 194 Å². The summed E-state index contributed by atoms with van der Waals surface area (Å²) in [5, 5.41) is 2.77. The second-order valence-electron chi connectivity index (χ2n) is 6.12. The topological polar surface area (TPSA) is 125 Å². The molecule has 0 unspecified atom stereocenters. The number of nitrogens with zero attached hydrogens (tertiary/aromatic N) is 4. The molecular formula is C22H35ClN7O2+. The van der Waals surface area contributed by atoms with E-state index in [0.29, 0.717) is 6.61 Å². The van der Waals surface area contributed by atoms with Crippen LogP contribution in [0.15, 0.2) is 18.2 Å². The fourth-order valence-corrected chi connectivity index (χ4v) is 3.26. The van der Waals surface area contributed by atoms with Crippen LogP contribution in [0.3, 0.4) is 0 Å². The Morgan fingerprint density at radius 3 is 2.41 bits per heavy atom. The van der Waals surface area contributed by atoms with Crippen LogP contribution >= 0.6 is 11.6 Å². The second-order valence-corrected chi connectivity index (χ2v) is 6.48. The van der Waals surface area contributed by atoms with E-state index in [0.717, 1.165) is 29.2 Å². The molecule has 32 heavy (non-hydrogen) atoms. The number of rotatable bonds is 6. The van der Waals surface area contributed by atoms with Crippen LogP contribution in [0.5, 0.6) is 5.75 Å². The normalized spacial score (nSPS) is 10.0. The van der Waals surface area contributed by atoms with Gasteiger partial charge in [0, 0.05) is 6.07 Å². The molecule has 1 amide bonds. The Morgan fingerprint density at radius 1 is 1.16 bits per heavy atom. The van der Waals surface area contributed by atoms with Crippen LogP contribution in [0.25, 0.3) is 11.0 Å². The van der Waals surface area contributed by atoms with Crippen molar-refractivity contribution in [3.05, 3.63) is 34.9 Å². The van der Waals surface area contributed by atoms with E-state index in [1.54, 1.807) is 0 Å². The number of aromatic nitrogens is 4. The number of fused-ring (bicyclic) bond motifs is 1. The molecule has 0 aliphatic carbocycles. The highest BCUT2D eigenvalue weighted by molar-refractivity contribution is 6.31. The Bertz CT molecular complexity index is 1050. The van der Waals surface area contributed by atoms with Crippen molar-refractivity contribution in [1.82, 2.24) is 19.9 Å². The summed E-state index contributed by atoms with van der Waals surface area (Å²) in [6, 6.07) is 5.93. The molecule has 0 aliphatic rings. The number of imidazole rings is 1. The van der Waals surface area contributed by atoms with Crippen molar-refractivity contribution in [3.63, 3.8) is 0 Å². The number of ether oxygens (including phenoxy) is 1. The van der Waals surface area contributed by atoms with Gasteiger partial charge in [0.15, 0.2) is 33.5 Å². The molecule has 2 heterocycles. The maximum Gasteiger partial charge on any atom is 0.276 e. The van der Waals surface area contributed by atoms with E-state index >= 15 is 0 Å². The molecule has 3 aromatic rings. The second kappa shape index (κ2) is 12.7. The molecule has 0 saturated heterocycles. The van der Waals surface area contributed by atoms with Crippen molar-refractivity contribution >= 4 is 40.2 Å². The minimum Gasteiger partial charge on any atom is -0.494 e. The Morgan fingerprint density at radius 2 is 1.81 bits per heavy atom. The van der Waals surface area contributed by atoms with Gasteiger partial charge in [-0.25, -0.2) is 19.1 Å². The Balaban J connectivity index is 0.00000121. The molecule has 0 atom stereocenters. The molecular weight excluding hydrogens is 430 g/mol. The van der Waals surface area contributed by atoms with E-state index in [1.165, 1.54) is 0 Å². The molecule has 0 radical (unpaired) electrons. The fraction of sp³-hybridized carbons (Fsp3) is 0.455. The SMILES string of the molecule is CC.CC.CCOc1ccc2c(c1)n(CC)c(CNC(=O)c1nc(Cl)c(N)nc1N)[n+]2C. The largest absolute Gasteiger partial charge is 0.494 e. The molecule has 0 aliphatic heterocycles. The molecule has 0 bridgehead atoms. The molecule has 0 fully saturated rings. The molecule has 1 aromatic carbocycles. The quantitative estimate of drug-likeness (QED) is 0.479. The lowest BCUT2D eigenvalue weighted by molar-refractivity contribution is -0.654. The van der Waals surface area contributed by atoms with Gasteiger partial charge in [0.1, 0.15) is 12.3 Å². The van der Waals surface area contributed by atoms with E-state index in [2.05, 4.69) is 19.9 Å². The summed E-state index contributed by atoms with van der Waals surface area (Å²) < 4.78 is 9.75. The summed E-state index contributed by atoms with van der Waals surface area (Å²) in [5.74, 6) is 1.15. The van der Waals surface area contributed by atoms with E-state index in [4.69, 9.17) is 27.8 Å². The van der Waals surface area contributed by atoms with E-state index in [9.17, 15) is 4.79 Å². The van der Waals surface area contributed by atoms with Crippen LogP contribution in [0.2, 0.25) is 5.15 Å². The van der Waals surface area contributed by atoms with Gasteiger partial charge in [-0.05, 0) is 26.0 Å². The summed E-state index contributed by atoms with van der Waals surface area (Å²) in [6.45, 7) is 13.6. The number of carbonyl (C=O) groups excluding carboxylic acids is 1. The highest BCUT2D eigenvalue weighted by Gasteiger charge is 2.24. The summed E-state index contributed by atoms with van der Waals surface area (Å²) in [4.78, 5) is 20.3. The van der Waals surface area contributed by atoms with Gasteiger partial charge in [0.2, 0.25) is 0 Å². The molecule has 0 spiro atoms. The first-order valence-electron chi connectivity index (χ1n) is 10.9. The highest BCUT2D eigenvalue weighted by Crippen LogP contribution is 2.21. The molecule has 0 saturated carbocycles. The smallest absolute Gasteiger partial charge is 0.276 e. The van der Waals surface area contributed by atoms with Crippen molar-refractivity contribution in [2.75, 3.05) is 18.1 Å². The number of carbonyl (C=O) groups is 1. The highest BCUT2D eigenvalue weighted by atomic mass is 35.5. The fourth-order valence-electron chi connectivity index (χ4n) is 3.14. The predicted molar refractivity (Wildman–Crippen MR) is 130 cm³/mol. The lowest BCUT2D eigenvalue weighted by Crippen LogP contribution is -2.38. The zero-order valence-corrected chi connectivity index (χ0v) is 20.7. The van der Waals surface area contributed by atoms with Gasteiger partial charge in [-0.3, -0.25) is 4.79 Å². The van der Waals surface area contributed by atoms with Crippen LogP contribution in [0.4, 0.5) is 11.6 Å². The van der Waals surface area contributed by atoms with Gasteiger partial charge in [-0.15, -0.1) is 0 Å². The third-order valence-corrected chi connectivity index (χ3v) is 4.73. The van der Waals surface area contributed by atoms with Gasteiger partial charge in [-0.2, -0.15) is 0 Å². The first-order valence-corrected chi connectivity index (χ1v) is 11.3. The number of nitrogens with two attached hydrogens (primary N) is 2. The minimum absolute atomic E-state index is 0.0154. The standard InChI is InChI=1S/C18H22ClN7O2.2C2H6/c1-4-26-12-8-10(28-5-2)6-7-11(12)25(3)13(26)9-22-18(27)14-16(20)24-17(21)15(19)23-14;2*1-2/h6-8H,4-5,9H2,1-3H3,(H4-,20,21,22,24,27);2*1-2H3/p+1. The van der Waals surface area contributed by atoms with Gasteiger partial charge in [0.05, 0.1) is 20.2 Å². The number of nitrogens with one attached hydrogen (secondary N) is 1. The number of anilines is 2. The van der Waals surface area contributed by atoms with E-state index in [-0.39, 0.29) is 29.0 Å². The number of aryl methyl sites for hydroxylation is 2. The lowest BCUT2D eigenvalue weighted by atomic mass is 10.3. The van der Waals surface area contributed by atoms with Crippen molar-refractivity contribution in [2.45, 2.75) is 54.6 Å². The number of amides is 1. The van der Waals surface area contributed by atoms with Crippen LogP contribution in [0.1, 0.15) is 57.9 Å². The summed E-state index contributed by atoms with van der Waals surface area (Å²) in [7, 11) is 1.95. The molecule has 10 heteroatoms. The first kappa shape index (κ1) is 27.0. The van der Waals surface area contributed by atoms with Crippen molar-refractivity contribution in [2.24, 2.45) is 7.05 Å². The third kappa shape index (κ3) is 5.79. The average Bonchev–Trinajstić information content (AvgIpc) is 3.07. The van der Waals surface area contributed by atoms with Crippen LogP contribution in [-0.2, 0) is 20.1 Å². The zero-order chi connectivity index (χ0) is 24.4. The van der Waals surface area contributed by atoms with Crippen LogP contribution in [0, 0.1) is 0 Å². The maximum atomic E-state index is 12.5. The summed E-state index contributed by atoms with van der Waals surface area (Å²) in [6.07, 6.45) is 0. The summed E-state index contributed by atoms with van der Waals surface area (Å²) in [5.41, 5.74) is 13.3. The van der Waals surface area contributed by atoms with Crippen molar-refractivity contribution < 1.29 is 14.1 Å². The third-order valence-electron chi connectivity index (χ3n) is 4.45. The van der Waals surface area contributed by atoms with Crippen LogP contribution < -0.4 is 26.1 Å². The molecule has 5 N–H and O–H groups in total. The monoisotopic (exact) mass is 464 g/mol. The number of benzene rings is 1. The zero-order valence-electron chi connectivity index (χ0n) is 20.0. The average molecular weight is 465 g/mol. The first-order chi connectivity index (χ1) is 15.4. The molecule has 3 rings (SSSR count). The molecule has 2 aromatic heterocycles. The Kier molecular flexibility index (Phi) is 10.7. The van der Waals surface area contributed by atoms with E-state index in [1.807, 2.05) is 71.4 Å². The predicted octanol–water partition coefficient (Wildman–Crippen LogP) is 3.47. The Hall–Kier alpha value is -3.07.